The highest BCUT2D eigenvalue weighted by Gasteiger charge is 2.24. The topological polar surface area (TPSA) is 65.1 Å². The minimum Gasteiger partial charge on any atom is -0.460 e. The van der Waals surface area contributed by atoms with Crippen LogP contribution in [-0.4, -0.2) is 49.6 Å². The van der Waals surface area contributed by atoms with E-state index in [0.29, 0.717) is 32.1 Å². The summed E-state index contributed by atoms with van der Waals surface area (Å²) in [6.45, 7) is 6.13. The molecule has 2 rings (SSSR count). The normalized spacial score (nSPS) is 15.2. The fraction of sp³-hybridized carbons (Fsp3) is 0.412. The number of Topliss-reactive ketones (excluding diaryl/α,β-unsaturated/α-hetero) is 1. The fourth-order valence-electron chi connectivity index (χ4n) is 2.11. The summed E-state index contributed by atoms with van der Waals surface area (Å²) in [6, 6.07) is 7.28. The van der Waals surface area contributed by atoms with Gasteiger partial charge in [-0.25, -0.2) is 4.79 Å². The van der Waals surface area contributed by atoms with Gasteiger partial charge in [0, 0.05) is 19.3 Å². The molecule has 1 aromatic rings. The maximum atomic E-state index is 12.3. The average molecular weight is 319 g/mol. The third kappa shape index (κ3) is 5.10. The van der Waals surface area contributed by atoms with Crippen molar-refractivity contribution in [3.05, 3.63) is 41.8 Å². The second-order valence-electron chi connectivity index (χ2n) is 5.11. The number of ether oxygens (including phenoxy) is 3. The zero-order chi connectivity index (χ0) is 16.7. The van der Waals surface area contributed by atoms with Gasteiger partial charge in [-0.1, -0.05) is 12.1 Å². The van der Waals surface area contributed by atoms with E-state index in [0.717, 1.165) is 5.56 Å². The quantitative estimate of drug-likeness (QED) is 0.344. The van der Waals surface area contributed by atoms with Gasteiger partial charge >= 0.3 is 11.8 Å². The molecule has 23 heavy (non-hydrogen) atoms. The van der Waals surface area contributed by atoms with Crippen LogP contribution in [0.2, 0.25) is 0 Å². The monoisotopic (exact) mass is 319 g/mol. The maximum Gasteiger partial charge on any atom is 0.383 e. The van der Waals surface area contributed by atoms with Crippen molar-refractivity contribution in [3.63, 3.8) is 0 Å². The number of ketones is 1. The second kappa shape index (κ2) is 8.33. The molecular formula is C17H21NO5. The molecule has 0 aromatic heterocycles. The summed E-state index contributed by atoms with van der Waals surface area (Å²) in [5.41, 5.74) is 0.997. The van der Waals surface area contributed by atoms with E-state index in [1.165, 1.54) is 0 Å². The molecular weight excluding hydrogens is 298 g/mol. The van der Waals surface area contributed by atoms with Crippen LogP contribution in [-0.2, 0) is 19.1 Å². The number of carbonyl (C=O) groups is 2. The Hall–Kier alpha value is -2.34. The van der Waals surface area contributed by atoms with Crippen LogP contribution in [0, 0.1) is 6.92 Å². The molecule has 0 unspecified atom stereocenters. The van der Waals surface area contributed by atoms with E-state index >= 15 is 0 Å². The zero-order valence-electron chi connectivity index (χ0n) is 13.4. The van der Waals surface area contributed by atoms with E-state index in [4.69, 9.17) is 14.2 Å². The first-order valence-electron chi connectivity index (χ1n) is 7.59. The molecule has 0 radical (unpaired) electrons. The van der Waals surface area contributed by atoms with Crippen LogP contribution >= 0.6 is 0 Å². The van der Waals surface area contributed by atoms with Crippen molar-refractivity contribution in [2.75, 3.05) is 32.9 Å². The van der Waals surface area contributed by atoms with E-state index in [1.807, 2.05) is 24.0 Å². The van der Waals surface area contributed by atoms with Gasteiger partial charge in [-0.2, -0.15) is 0 Å². The highest BCUT2D eigenvalue weighted by molar-refractivity contribution is 6.39. The number of hydrogen-bond donors (Lipinski definition) is 0. The molecule has 0 amide bonds. The minimum atomic E-state index is -0.917. The number of aryl methyl sites for hydroxylation is 1. The number of morpholine rings is 1. The van der Waals surface area contributed by atoms with Gasteiger partial charge in [0.2, 0.25) is 0 Å². The van der Waals surface area contributed by atoms with Gasteiger partial charge in [0.25, 0.3) is 0 Å². The standard InChI is InChI=1S/C17H21NO5/c1-3-22-17(20)16(19)15(12-18-7-9-21-10-8-18)23-14-6-4-5-13(2)11-14/h4-6,11-12H,3,7-10H2,1-2H3. The Morgan fingerprint density at radius 2 is 2.04 bits per heavy atom. The summed E-state index contributed by atoms with van der Waals surface area (Å²) in [5.74, 6) is -1.25. The van der Waals surface area contributed by atoms with Gasteiger partial charge in [0.15, 0.2) is 5.76 Å². The molecule has 0 saturated carbocycles. The Bertz CT molecular complexity index is 590. The number of esters is 1. The summed E-state index contributed by atoms with van der Waals surface area (Å²) in [7, 11) is 0. The summed E-state index contributed by atoms with van der Waals surface area (Å²) < 4.78 is 15.7. The molecule has 0 atom stereocenters. The van der Waals surface area contributed by atoms with E-state index in [-0.39, 0.29) is 12.4 Å². The van der Waals surface area contributed by atoms with E-state index in [2.05, 4.69) is 0 Å². The molecule has 0 bridgehead atoms. The first-order valence-corrected chi connectivity index (χ1v) is 7.59. The Labute approximate surface area is 135 Å². The Morgan fingerprint density at radius 3 is 2.70 bits per heavy atom. The van der Waals surface area contributed by atoms with E-state index in [9.17, 15) is 9.59 Å². The van der Waals surface area contributed by atoms with Crippen LogP contribution in [0.4, 0.5) is 0 Å². The van der Waals surface area contributed by atoms with Crippen molar-refractivity contribution in [2.24, 2.45) is 0 Å². The third-order valence-corrected chi connectivity index (χ3v) is 3.25. The number of benzene rings is 1. The molecule has 124 valence electrons. The summed E-state index contributed by atoms with van der Waals surface area (Å²) in [6.07, 6.45) is 1.56. The van der Waals surface area contributed by atoms with Crippen molar-refractivity contribution < 1.29 is 23.8 Å². The number of nitrogens with zero attached hydrogens (tertiary/aromatic N) is 1. The number of hydrogen-bond acceptors (Lipinski definition) is 6. The maximum absolute atomic E-state index is 12.3. The van der Waals surface area contributed by atoms with Crippen LogP contribution in [0.15, 0.2) is 36.2 Å². The lowest BCUT2D eigenvalue weighted by atomic mass is 10.2. The van der Waals surface area contributed by atoms with Crippen molar-refractivity contribution in [2.45, 2.75) is 13.8 Å². The first kappa shape index (κ1) is 17.0. The van der Waals surface area contributed by atoms with E-state index < -0.39 is 11.8 Å². The molecule has 0 N–H and O–H groups in total. The van der Waals surface area contributed by atoms with Crippen LogP contribution in [0.3, 0.4) is 0 Å². The molecule has 1 heterocycles. The van der Waals surface area contributed by atoms with Gasteiger partial charge < -0.3 is 19.1 Å². The van der Waals surface area contributed by atoms with Gasteiger partial charge in [-0.3, -0.25) is 4.79 Å². The molecule has 6 heteroatoms. The van der Waals surface area contributed by atoms with Crippen molar-refractivity contribution in [3.8, 4) is 5.75 Å². The lowest BCUT2D eigenvalue weighted by Crippen LogP contribution is -2.34. The number of rotatable bonds is 6. The van der Waals surface area contributed by atoms with Crippen LogP contribution < -0.4 is 4.74 Å². The van der Waals surface area contributed by atoms with Gasteiger partial charge in [-0.05, 0) is 31.5 Å². The molecule has 1 aliphatic rings. The fourth-order valence-corrected chi connectivity index (χ4v) is 2.11. The van der Waals surface area contributed by atoms with Crippen molar-refractivity contribution in [1.82, 2.24) is 4.90 Å². The van der Waals surface area contributed by atoms with Crippen LogP contribution in [0.5, 0.6) is 5.75 Å². The average Bonchev–Trinajstić information content (AvgIpc) is 2.55. The first-order chi connectivity index (χ1) is 11.1. The smallest absolute Gasteiger partial charge is 0.383 e. The van der Waals surface area contributed by atoms with Crippen molar-refractivity contribution >= 4 is 11.8 Å². The van der Waals surface area contributed by atoms with E-state index in [1.54, 1.807) is 25.3 Å². The van der Waals surface area contributed by atoms with Crippen LogP contribution in [0.1, 0.15) is 12.5 Å². The molecule has 6 nitrogen and oxygen atoms in total. The Kier molecular flexibility index (Phi) is 6.17. The predicted octanol–water partition coefficient (Wildman–Crippen LogP) is 1.68. The molecule has 1 fully saturated rings. The SMILES string of the molecule is CCOC(=O)C(=O)C(=CN1CCOCC1)Oc1cccc(C)c1. The van der Waals surface area contributed by atoms with Gasteiger partial charge in [-0.15, -0.1) is 0 Å². The lowest BCUT2D eigenvalue weighted by molar-refractivity contribution is -0.152. The minimum absolute atomic E-state index is 0.0454. The summed E-state index contributed by atoms with van der Waals surface area (Å²) in [5, 5.41) is 0. The Balaban J connectivity index is 2.21. The molecule has 0 aliphatic carbocycles. The molecule has 1 aromatic carbocycles. The highest BCUT2D eigenvalue weighted by atomic mass is 16.5. The van der Waals surface area contributed by atoms with Gasteiger partial charge in [0.1, 0.15) is 5.75 Å². The molecule has 0 spiro atoms. The van der Waals surface area contributed by atoms with Crippen LogP contribution in [0.25, 0.3) is 0 Å². The molecule has 1 saturated heterocycles. The third-order valence-electron chi connectivity index (χ3n) is 3.25. The zero-order valence-corrected chi connectivity index (χ0v) is 13.4. The largest absolute Gasteiger partial charge is 0.460 e. The second-order valence-corrected chi connectivity index (χ2v) is 5.11. The Morgan fingerprint density at radius 1 is 1.30 bits per heavy atom. The molecule has 1 aliphatic heterocycles. The predicted molar refractivity (Wildman–Crippen MR) is 83.9 cm³/mol. The highest BCUT2D eigenvalue weighted by Crippen LogP contribution is 2.17. The van der Waals surface area contributed by atoms with Crippen molar-refractivity contribution in [1.29, 1.82) is 0 Å². The van der Waals surface area contributed by atoms with Gasteiger partial charge in [0.05, 0.1) is 19.8 Å². The number of carbonyl (C=O) groups excluding carboxylic acids is 2. The summed E-state index contributed by atoms with van der Waals surface area (Å²) >= 11 is 0. The lowest BCUT2D eigenvalue weighted by Gasteiger charge is -2.25. The summed E-state index contributed by atoms with van der Waals surface area (Å²) in [4.78, 5) is 25.9.